The number of amidine groups is 1. The van der Waals surface area contributed by atoms with Crippen molar-refractivity contribution in [1.29, 1.82) is 5.41 Å². The SMILES string of the molecule is CC[C@@H](CCCCC(=N)N)C(=O)C[C@@H](Cc1ccc(O)cc1)C(N)=O. The summed E-state index contributed by atoms with van der Waals surface area (Å²) in [7, 11) is 0. The highest BCUT2D eigenvalue weighted by molar-refractivity contribution is 5.87. The molecule has 0 aliphatic heterocycles. The van der Waals surface area contributed by atoms with E-state index in [2.05, 4.69) is 0 Å². The van der Waals surface area contributed by atoms with Gasteiger partial charge in [0.2, 0.25) is 5.91 Å². The molecule has 0 saturated carbocycles. The second kappa shape index (κ2) is 10.5. The van der Waals surface area contributed by atoms with E-state index in [0.717, 1.165) is 31.2 Å². The Labute approximate surface area is 149 Å². The van der Waals surface area contributed by atoms with Crippen molar-refractivity contribution >= 4 is 17.5 Å². The summed E-state index contributed by atoms with van der Waals surface area (Å²) in [5.74, 6) is -0.716. The Morgan fingerprint density at radius 2 is 1.76 bits per heavy atom. The number of carbonyl (C=O) groups is 2. The molecule has 138 valence electrons. The zero-order chi connectivity index (χ0) is 18.8. The van der Waals surface area contributed by atoms with E-state index in [1.165, 1.54) is 0 Å². The Bertz CT molecular complexity index is 584. The number of phenolic OH excluding ortho intramolecular Hbond substituents is 1. The summed E-state index contributed by atoms with van der Waals surface area (Å²) in [6, 6.07) is 6.57. The molecular weight excluding hydrogens is 318 g/mol. The molecule has 1 amide bonds. The number of aromatic hydroxyl groups is 1. The third-order valence-electron chi connectivity index (χ3n) is 4.47. The minimum atomic E-state index is -0.539. The van der Waals surface area contributed by atoms with E-state index < -0.39 is 11.8 Å². The van der Waals surface area contributed by atoms with Crippen LogP contribution in [-0.2, 0) is 16.0 Å². The van der Waals surface area contributed by atoms with Crippen LogP contribution in [0.15, 0.2) is 24.3 Å². The van der Waals surface area contributed by atoms with Crippen molar-refractivity contribution in [2.24, 2.45) is 23.3 Å². The lowest BCUT2D eigenvalue weighted by atomic mass is 9.86. The Kier molecular flexibility index (Phi) is 8.67. The van der Waals surface area contributed by atoms with Crippen LogP contribution in [0.25, 0.3) is 0 Å². The summed E-state index contributed by atoms with van der Waals surface area (Å²) in [5.41, 5.74) is 11.7. The lowest BCUT2D eigenvalue weighted by Gasteiger charge is -2.18. The van der Waals surface area contributed by atoms with E-state index in [-0.39, 0.29) is 29.7 Å². The maximum Gasteiger partial charge on any atom is 0.221 e. The molecule has 0 bridgehead atoms. The number of rotatable bonds is 12. The number of amides is 1. The van der Waals surface area contributed by atoms with Crippen molar-refractivity contribution in [2.45, 2.75) is 51.9 Å². The van der Waals surface area contributed by atoms with Gasteiger partial charge < -0.3 is 16.6 Å². The molecule has 6 N–H and O–H groups in total. The van der Waals surface area contributed by atoms with E-state index >= 15 is 0 Å². The molecule has 0 fully saturated rings. The first-order chi connectivity index (χ1) is 11.8. The van der Waals surface area contributed by atoms with Crippen LogP contribution >= 0.6 is 0 Å². The number of Topliss-reactive ketones (excluding diaryl/α,β-unsaturated/α-hetero) is 1. The quantitative estimate of drug-likeness (QED) is 0.263. The number of nitrogens with one attached hydrogen (secondary N) is 1. The predicted molar refractivity (Wildman–Crippen MR) is 98.3 cm³/mol. The Morgan fingerprint density at radius 1 is 1.12 bits per heavy atom. The van der Waals surface area contributed by atoms with Gasteiger partial charge in [-0.2, -0.15) is 0 Å². The molecule has 2 atom stereocenters. The summed E-state index contributed by atoms with van der Waals surface area (Å²) in [5, 5.41) is 16.5. The van der Waals surface area contributed by atoms with Gasteiger partial charge in [-0.25, -0.2) is 0 Å². The number of hydrogen-bond acceptors (Lipinski definition) is 4. The number of nitrogens with two attached hydrogens (primary N) is 2. The first-order valence-electron chi connectivity index (χ1n) is 8.76. The van der Waals surface area contributed by atoms with Gasteiger partial charge in [-0.1, -0.05) is 25.5 Å². The smallest absolute Gasteiger partial charge is 0.221 e. The highest BCUT2D eigenvalue weighted by Crippen LogP contribution is 2.21. The minimum Gasteiger partial charge on any atom is -0.508 e. The molecule has 6 heteroatoms. The monoisotopic (exact) mass is 347 g/mol. The summed E-state index contributed by atoms with van der Waals surface area (Å²) >= 11 is 0. The topological polar surface area (TPSA) is 130 Å². The van der Waals surface area contributed by atoms with Gasteiger partial charge in [0.05, 0.1) is 5.84 Å². The predicted octanol–water partition coefficient (Wildman–Crippen LogP) is 2.52. The van der Waals surface area contributed by atoms with Crippen molar-refractivity contribution in [3.05, 3.63) is 29.8 Å². The zero-order valence-corrected chi connectivity index (χ0v) is 14.8. The van der Waals surface area contributed by atoms with E-state index in [0.29, 0.717) is 12.8 Å². The zero-order valence-electron chi connectivity index (χ0n) is 14.8. The molecule has 0 saturated heterocycles. The summed E-state index contributed by atoms with van der Waals surface area (Å²) in [4.78, 5) is 24.3. The third kappa shape index (κ3) is 7.83. The van der Waals surface area contributed by atoms with Crippen molar-refractivity contribution in [1.82, 2.24) is 0 Å². The van der Waals surface area contributed by atoms with E-state index in [1.54, 1.807) is 24.3 Å². The molecule has 1 aromatic carbocycles. The molecule has 0 aliphatic rings. The fraction of sp³-hybridized carbons (Fsp3) is 0.526. The number of hydrogen-bond donors (Lipinski definition) is 4. The lowest BCUT2D eigenvalue weighted by molar-refractivity contribution is -0.129. The van der Waals surface area contributed by atoms with E-state index in [4.69, 9.17) is 16.9 Å². The summed E-state index contributed by atoms with van der Waals surface area (Å²) in [6.45, 7) is 1.97. The Morgan fingerprint density at radius 3 is 2.28 bits per heavy atom. The first kappa shape index (κ1) is 20.7. The maximum atomic E-state index is 12.5. The Balaban J connectivity index is 2.59. The van der Waals surface area contributed by atoms with Crippen LogP contribution in [0, 0.1) is 17.2 Å². The Hall–Kier alpha value is -2.37. The molecule has 0 radical (unpaired) electrons. The average Bonchev–Trinajstić information content (AvgIpc) is 2.55. The number of primary amides is 1. The average molecular weight is 347 g/mol. The largest absolute Gasteiger partial charge is 0.508 e. The van der Waals surface area contributed by atoms with Crippen LogP contribution in [0.2, 0.25) is 0 Å². The van der Waals surface area contributed by atoms with Crippen LogP contribution in [0.3, 0.4) is 0 Å². The minimum absolute atomic E-state index is 0.0629. The molecule has 1 aromatic rings. The molecule has 0 heterocycles. The second-order valence-electron chi connectivity index (χ2n) is 6.52. The first-order valence-corrected chi connectivity index (χ1v) is 8.76. The molecular formula is C19H29N3O3. The number of unbranched alkanes of at least 4 members (excludes halogenated alkanes) is 1. The molecule has 0 spiro atoms. The van der Waals surface area contributed by atoms with Gasteiger partial charge in [-0.3, -0.25) is 15.0 Å². The maximum absolute atomic E-state index is 12.5. The summed E-state index contributed by atoms with van der Waals surface area (Å²) in [6.07, 6.45) is 4.19. The van der Waals surface area contributed by atoms with Gasteiger partial charge in [-0.05, 0) is 43.4 Å². The number of ketones is 1. The molecule has 0 aromatic heterocycles. The van der Waals surface area contributed by atoms with Gasteiger partial charge in [0.1, 0.15) is 11.5 Å². The van der Waals surface area contributed by atoms with E-state index in [9.17, 15) is 14.7 Å². The van der Waals surface area contributed by atoms with Gasteiger partial charge in [0.15, 0.2) is 0 Å². The van der Waals surface area contributed by atoms with Crippen molar-refractivity contribution in [2.75, 3.05) is 0 Å². The third-order valence-corrected chi connectivity index (χ3v) is 4.47. The number of carbonyl (C=O) groups excluding carboxylic acids is 2. The van der Waals surface area contributed by atoms with Crippen LogP contribution in [0.4, 0.5) is 0 Å². The van der Waals surface area contributed by atoms with Crippen LogP contribution in [0.5, 0.6) is 5.75 Å². The van der Waals surface area contributed by atoms with Crippen LogP contribution in [0.1, 0.15) is 51.0 Å². The molecule has 1 rings (SSSR count). The van der Waals surface area contributed by atoms with Crippen molar-refractivity contribution < 1.29 is 14.7 Å². The van der Waals surface area contributed by atoms with Gasteiger partial charge in [0, 0.05) is 24.7 Å². The fourth-order valence-corrected chi connectivity index (χ4v) is 2.90. The lowest BCUT2D eigenvalue weighted by Crippen LogP contribution is -2.29. The van der Waals surface area contributed by atoms with Gasteiger partial charge in [-0.15, -0.1) is 0 Å². The number of phenols is 1. The van der Waals surface area contributed by atoms with Gasteiger partial charge >= 0.3 is 0 Å². The van der Waals surface area contributed by atoms with Crippen LogP contribution < -0.4 is 11.5 Å². The van der Waals surface area contributed by atoms with Crippen molar-refractivity contribution in [3.8, 4) is 5.75 Å². The standard InChI is InChI=1S/C19H29N3O3/c1-2-14(5-3-4-6-18(20)21)17(24)12-15(19(22)25)11-13-7-9-16(23)10-8-13/h7-10,14-15,23H,2-6,11-12H2,1H3,(H3,20,21)(H2,22,25)/t14-,15+/m0/s1. The van der Waals surface area contributed by atoms with E-state index in [1.807, 2.05) is 6.92 Å². The fourth-order valence-electron chi connectivity index (χ4n) is 2.90. The van der Waals surface area contributed by atoms with Crippen molar-refractivity contribution in [3.63, 3.8) is 0 Å². The highest BCUT2D eigenvalue weighted by atomic mass is 16.3. The highest BCUT2D eigenvalue weighted by Gasteiger charge is 2.24. The number of benzene rings is 1. The molecule has 0 aliphatic carbocycles. The second-order valence-corrected chi connectivity index (χ2v) is 6.52. The summed E-state index contributed by atoms with van der Waals surface area (Å²) < 4.78 is 0. The molecule has 25 heavy (non-hydrogen) atoms. The van der Waals surface area contributed by atoms with Crippen LogP contribution in [-0.4, -0.2) is 22.6 Å². The normalized spacial score (nSPS) is 13.2. The molecule has 6 nitrogen and oxygen atoms in total. The molecule has 0 unspecified atom stereocenters. The van der Waals surface area contributed by atoms with Gasteiger partial charge in [0.25, 0.3) is 0 Å².